The molecule has 0 aliphatic rings. The number of para-hydroxylation sites is 2. The van der Waals surface area contributed by atoms with Gasteiger partial charge in [-0.25, -0.2) is 15.0 Å². The van der Waals surface area contributed by atoms with Crippen LogP contribution >= 0.6 is 0 Å². The zero-order valence-electron chi connectivity index (χ0n) is 30.0. The normalized spacial score (nSPS) is 11.9. The molecular weight excluding hydrogens is 685 g/mol. The third-order valence-corrected chi connectivity index (χ3v) is 11.2. The van der Waals surface area contributed by atoms with Crippen LogP contribution in [-0.4, -0.2) is 19.5 Å². The van der Waals surface area contributed by atoms with Gasteiger partial charge >= 0.3 is 0 Å². The summed E-state index contributed by atoms with van der Waals surface area (Å²) in [5.41, 5.74) is 7.34. The maximum atomic E-state index is 6.88. The van der Waals surface area contributed by atoms with E-state index in [1.165, 1.54) is 32.3 Å². The molecule has 0 bridgehead atoms. The molecule has 5 nitrogen and oxygen atoms in total. The van der Waals surface area contributed by atoms with Crippen LogP contribution in [0.2, 0.25) is 0 Å². The molecule has 56 heavy (non-hydrogen) atoms. The minimum atomic E-state index is 0.566. The molecular formula is C51H30N4O. The molecule has 260 valence electrons. The quantitative estimate of drug-likeness (QED) is 0.170. The summed E-state index contributed by atoms with van der Waals surface area (Å²) in [5, 5.41) is 11.6. The molecule has 3 aromatic heterocycles. The Morgan fingerprint density at radius 1 is 0.357 bits per heavy atom. The predicted molar refractivity (Wildman–Crippen MR) is 230 cm³/mol. The summed E-state index contributed by atoms with van der Waals surface area (Å²) in [6, 6.07) is 63.9. The van der Waals surface area contributed by atoms with Crippen molar-refractivity contribution in [2.45, 2.75) is 0 Å². The largest absolute Gasteiger partial charge is 0.454 e. The van der Waals surface area contributed by atoms with Gasteiger partial charge < -0.3 is 8.98 Å². The summed E-state index contributed by atoms with van der Waals surface area (Å²) in [6.07, 6.45) is 0. The summed E-state index contributed by atoms with van der Waals surface area (Å²) in [6.45, 7) is 0. The van der Waals surface area contributed by atoms with Crippen molar-refractivity contribution >= 4 is 76.1 Å². The highest BCUT2D eigenvalue weighted by molar-refractivity contribution is 6.17. The Labute approximate surface area is 320 Å². The van der Waals surface area contributed by atoms with E-state index >= 15 is 0 Å². The monoisotopic (exact) mass is 714 g/mol. The number of rotatable bonds is 4. The molecule has 0 atom stereocenters. The van der Waals surface area contributed by atoms with E-state index < -0.39 is 0 Å². The lowest BCUT2D eigenvalue weighted by atomic mass is 10.00. The molecule has 3 heterocycles. The van der Waals surface area contributed by atoms with Crippen LogP contribution in [0.4, 0.5) is 0 Å². The summed E-state index contributed by atoms with van der Waals surface area (Å²) in [7, 11) is 0. The molecule has 0 aliphatic heterocycles. The Kier molecular flexibility index (Phi) is 6.56. The van der Waals surface area contributed by atoms with Crippen LogP contribution in [0, 0.1) is 0 Å². The molecule has 0 amide bonds. The third-order valence-electron chi connectivity index (χ3n) is 11.2. The summed E-state index contributed by atoms with van der Waals surface area (Å²) >= 11 is 0. The van der Waals surface area contributed by atoms with E-state index in [2.05, 4.69) is 156 Å². The minimum absolute atomic E-state index is 0.566. The first-order valence-corrected chi connectivity index (χ1v) is 18.9. The van der Waals surface area contributed by atoms with Gasteiger partial charge in [0, 0.05) is 38.2 Å². The molecule has 12 aromatic rings. The van der Waals surface area contributed by atoms with Gasteiger partial charge in [-0.15, -0.1) is 0 Å². The maximum Gasteiger partial charge on any atom is 0.166 e. The molecule has 0 aliphatic carbocycles. The van der Waals surface area contributed by atoms with Crippen LogP contribution in [0.3, 0.4) is 0 Å². The van der Waals surface area contributed by atoms with E-state index in [-0.39, 0.29) is 0 Å². The Morgan fingerprint density at radius 2 is 0.982 bits per heavy atom. The number of nitrogens with zero attached hydrogens (tertiary/aromatic N) is 4. The molecule has 9 aromatic carbocycles. The van der Waals surface area contributed by atoms with Gasteiger partial charge in [0.15, 0.2) is 23.1 Å². The van der Waals surface area contributed by atoms with Crippen LogP contribution in [0.5, 0.6) is 0 Å². The Hall–Kier alpha value is -7.63. The number of fused-ring (bicyclic) bond motifs is 10. The molecule has 0 spiro atoms. The van der Waals surface area contributed by atoms with Gasteiger partial charge in [0.2, 0.25) is 0 Å². The fourth-order valence-electron chi connectivity index (χ4n) is 8.57. The van der Waals surface area contributed by atoms with E-state index in [4.69, 9.17) is 19.4 Å². The number of hydrogen-bond donors (Lipinski definition) is 0. The molecule has 12 rings (SSSR count). The van der Waals surface area contributed by atoms with Crippen molar-refractivity contribution in [1.29, 1.82) is 0 Å². The van der Waals surface area contributed by atoms with Crippen LogP contribution in [0.25, 0.3) is 116 Å². The first-order chi connectivity index (χ1) is 27.7. The third kappa shape index (κ3) is 4.64. The summed E-state index contributed by atoms with van der Waals surface area (Å²) in [4.78, 5) is 15.7. The fraction of sp³-hybridized carbons (Fsp3) is 0. The molecule has 0 radical (unpaired) electrons. The molecule has 0 fully saturated rings. The van der Waals surface area contributed by atoms with E-state index in [0.717, 1.165) is 66.1 Å². The van der Waals surface area contributed by atoms with Gasteiger partial charge in [0.05, 0.1) is 11.0 Å². The van der Waals surface area contributed by atoms with Gasteiger partial charge in [-0.3, -0.25) is 0 Å². The van der Waals surface area contributed by atoms with Crippen LogP contribution in [-0.2, 0) is 0 Å². The van der Waals surface area contributed by atoms with Gasteiger partial charge in [0.1, 0.15) is 11.3 Å². The Balaban J connectivity index is 1.19. The molecule has 0 unspecified atom stereocenters. The minimum Gasteiger partial charge on any atom is -0.454 e. The number of furan rings is 1. The van der Waals surface area contributed by atoms with E-state index in [9.17, 15) is 0 Å². The number of aromatic nitrogens is 4. The highest BCUT2D eigenvalue weighted by Crippen LogP contribution is 2.43. The van der Waals surface area contributed by atoms with Crippen molar-refractivity contribution in [2.75, 3.05) is 0 Å². The zero-order valence-corrected chi connectivity index (χ0v) is 30.0. The van der Waals surface area contributed by atoms with Gasteiger partial charge in [-0.2, -0.15) is 0 Å². The van der Waals surface area contributed by atoms with Crippen molar-refractivity contribution in [3.63, 3.8) is 0 Å². The molecule has 0 saturated carbocycles. The van der Waals surface area contributed by atoms with Crippen molar-refractivity contribution < 1.29 is 4.42 Å². The van der Waals surface area contributed by atoms with E-state index in [1.54, 1.807) is 0 Å². The summed E-state index contributed by atoms with van der Waals surface area (Å²) < 4.78 is 9.23. The fourth-order valence-corrected chi connectivity index (χ4v) is 8.57. The first-order valence-electron chi connectivity index (χ1n) is 18.9. The second kappa shape index (κ2) is 11.9. The second-order valence-corrected chi connectivity index (χ2v) is 14.4. The number of benzene rings is 9. The average molecular weight is 715 g/mol. The van der Waals surface area contributed by atoms with E-state index in [1.807, 2.05) is 30.3 Å². The zero-order chi connectivity index (χ0) is 36.7. The standard InChI is InChI=1S/C51H30N4O/c1-2-13-32(14-3-1)49-52-50(36-24-25-38-35(28-36)23-22-31-12-6-7-17-37(31)38)54-51(53-49)42-27-26-41-40-19-9-11-21-46(40)56-48(41)47(42)55-44-20-10-8-18-39(44)43-29-33-15-4-5-16-34(33)30-45(43)55/h1-30H. The Bertz CT molecular complexity index is 3540. The van der Waals surface area contributed by atoms with Gasteiger partial charge in [0.25, 0.3) is 0 Å². The SMILES string of the molecule is c1ccc(-c2nc(-c3ccc4c(ccc5ccccc54)c3)nc(-c3ccc4c(oc5ccccc54)c3-n3c4ccccc4c4cc5ccccc5cc43)n2)cc1. The van der Waals surface area contributed by atoms with Crippen molar-refractivity contribution in [1.82, 2.24) is 19.5 Å². The van der Waals surface area contributed by atoms with Gasteiger partial charge in [-0.1, -0.05) is 140 Å². The Morgan fingerprint density at radius 3 is 1.84 bits per heavy atom. The average Bonchev–Trinajstić information content (AvgIpc) is 3.80. The lowest BCUT2D eigenvalue weighted by Gasteiger charge is -2.15. The first kappa shape index (κ1) is 30.8. The maximum absolute atomic E-state index is 6.88. The predicted octanol–water partition coefficient (Wildman–Crippen LogP) is 13.3. The molecule has 0 saturated heterocycles. The number of hydrogen-bond acceptors (Lipinski definition) is 4. The van der Waals surface area contributed by atoms with Crippen molar-refractivity contribution in [3.8, 4) is 39.9 Å². The van der Waals surface area contributed by atoms with Crippen LogP contribution in [0.1, 0.15) is 0 Å². The summed E-state index contributed by atoms with van der Waals surface area (Å²) in [5.74, 6) is 1.78. The lowest BCUT2D eigenvalue weighted by molar-refractivity contribution is 0.666. The smallest absolute Gasteiger partial charge is 0.166 e. The van der Waals surface area contributed by atoms with Crippen LogP contribution < -0.4 is 0 Å². The van der Waals surface area contributed by atoms with Crippen molar-refractivity contribution in [3.05, 3.63) is 182 Å². The lowest BCUT2D eigenvalue weighted by Crippen LogP contribution is -2.04. The van der Waals surface area contributed by atoms with Gasteiger partial charge in [-0.05, 0) is 74.8 Å². The van der Waals surface area contributed by atoms with Crippen LogP contribution in [0.15, 0.2) is 186 Å². The highest BCUT2D eigenvalue weighted by atomic mass is 16.3. The van der Waals surface area contributed by atoms with E-state index in [0.29, 0.717) is 17.5 Å². The second-order valence-electron chi connectivity index (χ2n) is 14.4. The highest BCUT2D eigenvalue weighted by Gasteiger charge is 2.24. The topological polar surface area (TPSA) is 56.7 Å². The molecule has 5 heteroatoms. The molecule has 0 N–H and O–H groups in total. The van der Waals surface area contributed by atoms with Crippen molar-refractivity contribution in [2.24, 2.45) is 0 Å².